The SMILES string of the molecule is CC(C)N1CC(C(=O)NCc2ccccc2Cl)CC1=O. The highest BCUT2D eigenvalue weighted by atomic mass is 35.5. The third-order valence-electron chi connectivity index (χ3n) is 3.56. The summed E-state index contributed by atoms with van der Waals surface area (Å²) in [5, 5.41) is 3.50. The zero-order valence-electron chi connectivity index (χ0n) is 11.7. The molecule has 1 atom stereocenters. The lowest BCUT2D eigenvalue weighted by molar-refractivity contribution is -0.129. The predicted molar refractivity (Wildman–Crippen MR) is 78.3 cm³/mol. The van der Waals surface area contributed by atoms with E-state index >= 15 is 0 Å². The summed E-state index contributed by atoms with van der Waals surface area (Å²) in [6.07, 6.45) is 0.298. The maximum Gasteiger partial charge on any atom is 0.225 e. The molecule has 0 saturated carbocycles. The number of hydrogen-bond donors (Lipinski definition) is 1. The lowest BCUT2D eigenvalue weighted by atomic mass is 10.1. The van der Waals surface area contributed by atoms with Crippen LogP contribution < -0.4 is 5.32 Å². The maximum atomic E-state index is 12.1. The number of halogens is 1. The van der Waals surface area contributed by atoms with Crippen molar-refractivity contribution in [1.29, 1.82) is 0 Å². The molecule has 1 saturated heterocycles. The molecule has 1 aromatic carbocycles. The second-order valence-corrected chi connectivity index (χ2v) is 5.76. The average Bonchev–Trinajstić information content (AvgIpc) is 2.80. The molecular formula is C15H19ClN2O2. The quantitative estimate of drug-likeness (QED) is 0.925. The van der Waals surface area contributed by atoms with E-state index in [4.69, 9.17) is 11.6 Å². The Labute approximate surface area is 124 Å². The van der Waals surface area contributed by atoms with Gasteiger partial charge in [-0.25, -0.2) is 0 Å². The van der Waals surface area contributed by atoms with Gasteiger partial charge in [0.2, 0.25) is 11.8 Å². The highest BCUT2D eigenvalue weighted by Gasteiger charge is 2.35. The van der Waals surface area contributed by atoms with Crippen LogP contribution in [0.15, 0.2) is 24.3 Å². The molecule has 1 aliphatic heterocycles. The molecule has 2 amide bonds. The molecule has 20 heavy (non-hydrogen) atoms. The van der Waals surface area contributed by atoms with Crippen LogP contribution in [0.5, 0.6) is 0 Å². The van der Waals surface area contributed by atoms with E-state index in [9.17, 15) is 9.59 Å². The molecule has 1 aromatic rings. The Balaban J connectivity index is 1.91. The highest BCUT2D eigenvalue weighted by Crippen LogP contribution is 2.21. The van der Waals surface area contributed by atoms with Crippen molar-refractivity contribution in [3.8, 4) is 0 Å². The molecule has 1 aliphatic rings. The van der Waals surface area contributed by atoms with E-state index in [1.165, 1.54) is 0 Å². The van der Waals surface area contributed by atoms with E-state index in [0.29, 0.717) is 24.5 Å². The molecule has 108 valence electrons. The van der Waals surface area contributed by atoms with Gasteiger partial charge in [0.05, 0.1) is 5.92 Å². The van der Waals surface area contributed by atoms with Crippen molar-refractivity contribution in [1.82, 2.24) is 10.2 Å². The van der Waals surface area contributed by atoms with Crippen molar-refractivity contribution in [2.45, 2.75) is 32.9 Å². The standard InChI is InChI=1S/C15H19ClN2O2/c1-10(2)18-9-12(7-14(18)19)15(20)17-8-11-5-3-4-6-13(11)16/h3-6,10,12H,7-9H2,1-2H3,(H,17,20). The van der Waals surface area contributed by atoms with Gasteiger partial charge in [-0.2, -0.15) is 0 Å². The minimum atomic E-state index is -0.257. The lowest BCUT2D eigenvalue weighted by Gasteiger charge is -2.20. The Morgan fingerprint density at radius 3 is 2.75 bits per heavy atom. The summed E-state index contributed by atoms with van der Waals surface area (Å²) < 4.78 is 0. The highest BCUT2D eigenvalue weighted by molar-refractivity contribution is 6.31. The number of rotatable bonds is 4. The van der Waals surface area contributed by atoms with E-state index in [-0.39, 0.29) is 23.8 Å². The van der Waals surface area contributed by atoms with Crippen molar-refractivity contribution in [3.63, 3.8) is 0 Å². The molecule has 2 rings (SSSR count). The Hall–Kier alpha value is -1.55. The second kappa shape index (κ2) is 6.27. The molecule has 0 aromatic heterocycles. The first-order chi connectivity index (χ1) is 9.49. The summed E-state index contributed by atoms with van der Waals surface area (Å²) in [6.45, 7) is 4.82. The number of nitrogens with zero attached hydrogens (tertiary/aromatic N) is 1. The van der Waals surface area contributed by atoms with E-state index in [1.54, 1.807) is 11.0 Å². The van der Waals surface area contributed by atoms with Gasteiger partial charge in [-0.1, -0.05) is 29.8 Å². The summed E-state index contributed by atoms with van der Waals surface area (Å²) in [7, 11) is 0. The van der Waals surface area contributed by atoms with Gasteiger partial charge in [-0.05, 0) is 25.5 Å². The number of amides is 2. The molecule has 0 aliphatic carbocycles. The van der Waals surface area contributed by atoms with E-state index in [0.717, 1.165) is 5.56 Å². The third-order valence-corrected chi connectivity index (χ3v) is 3.93. The largest absolute Gasteiger partial charge is 0.352 e. The van der Waals surface area contributed by atoms with Crippen LogP contribution in [0.2, 0.25) is 5.02 Å². The predicted octanol–water partition coefficient (Wildman–Crippen LogP) is 2.21. The van der Waals surface area contributed by atoms with Gasteiger partial charge in [-0.15, -0.1) is 0 Å². The van der Waals surface area contributed by atoms with Gasteiger partial charge in [0.15, 0.2) is 0 Å². The number of nitrogens with one attached hydrogen (secondary N) is 1. The Bertz CT molecular complexity index is 516. The minimum absolute atomic E-state index is 0.0536. The zero-order valence-corrected chi connectivity index (χ0v) is 12.5. The zero-order chi connectivity index (χ0) is 14.7. The molecule has 0 radical (unpaired) electrons. The van der Waals surface area contributed by atoms with E-state index in [1.807, 2.05) is 32.0 Å². The first-order valence-corrected chi connectivity index (χ1v) is 7.17. The van der Waals surface area contributed by atoms with Crippen molar-refractivity contribution < 1.29 is 9.59 Å². The van der Waals surface area contributed by atoms with Crippen molar-refractivity contribution in [2.75, 3.05) is 6.54 Å². The monoisotopic (exact) mass is 294 g/mol. The van der Waals surface area contributed by atoms with Gasteiger partial charge >= 0.3 is 0 Å². The number of benzene rings is 1. The lowest BCUT2D eigenvalue weighted by Crippen LogP contribution is -2.35. The van der Waals surface area contributed by atoms with Crippen LogP contribution >= 0.6 is 11.6 Å². The first kappa shape index (κ1) is 14.9. The Morgan fingerprint density at radius 2 is 2.15 bits per heavy atom. The van der Waals surface area contributed by atoms with Crippen LogP contribution in [0.25, 0.3) is 0 Å². The molecule has 0 spiro atoms. The summed E-state index contributed by atoms with van der Waals surface area (Å²) >= 11 is 6.04. The molecule has 0 bridgehead atoms. The van der Waals surface area contributed by atoms with Gasteiger partial charge in [-0.3, -0.25) is 9.59 Å². The summed E-state index contributed by atoms with van der Waals surface area (Å²) in [6, 6.07) is 7.55. The number of likely N-dealkylation sites (tertiary alicyclic amines) is 1. The van der Waals surface area contributed by atoms with Gasteiger partial charge in [0, 0.05) is 30.6 Å². The van der Waals surface area contributed by atoms with E-state index in [2.05, 4.69) is 5.32 Å². The topological polar surface area (TPSA) is 49.4 Å². The fraction of sp³-hybridized carbons (Fsp3) is 0.467. The first-order valence-electron chi connectivity index (χ1n) is 6.79. The molecule has 1 heterocycles. The van der Waals surface area contributed by atoms with Gasteiger partial charge in [0.1, 0.15) is 0 Å². The Kier molecular flexibility index (Phi) is 4.65. The third kappa shape index (κ3) is 3.31. The van der Waals surface area contributed by atoms with Gasteiger partial charge < -0.3 is 10.2 Å². The number of carbonyl (C=O) groups excluding carboxylic acids is 2. The molecular weight excluding hydrogens is 276 g/mol. The Morgan fingerprint density at radius 1 is 1.45 bits per heavy atom. The van der Waals surface area contributed by atoms with Crippen LogP contribution in [0.4, 0.5) is 0 Å². The van der Waals surface area contributed by atoms with Crippen molar-refractivity contribution in [3.05, 3.63) is 34.9 Å². The van der Waals surface area contributed by atoms with Crippen LogP contribution in [0.1, 0.15) is 25.8 Å². The van der Waals surface area contributed by atoms with Crippen molar-refractivity contribution >= 4 is 23.4 Å². The minimum Gasteiger partial charge on any atom is -0.352 e. The van der Waals surface area contributed by atoms with E-state index < -0.39 is 0 Å². The average molecular weight is 295 g/mol. The fourth-order valence-corrected chi connectivity index (χ4v) is 2.58. The number of carbonyl (C=O) groups is 2. The number of hydrogen-bond acceptors (Lipinski definition) is 2. The summed E-state index contributed by atoms with van der Waals surface area (Å²) in [5.74, 6) is -0.285. The van der Waals surface area contributed by atoms with Crippen molar-refractivity contribution in [2.24, 2.45) is 5.92 Å². The smallest absolute Gasteiger partial charge is 0.225 e. The van der Waals surface area contributed by atoms with Crippen LogP contribution in [0.3, 0.4) is 0 Å². The molecule has 1 N–H and O–H groups in total. The molecule has 1 unspecified atom stereocenters. The molecule has 5 heteroatoms. The maximum absolute atomic E-state index is 12.1. The summed E-state index contributed by atoms with van der Waals surface area (Å²) in [4.78, 5) is 25.6. The van der Waals surface area contributed by atoms with Crippen LogP contribution in [0, 0.1) is 5.92 Å². The summed E-state index contributed by atoms with van der Waals surface area (Å²) in [5.41, 5.74) is 0.882. The fourth-order valence-electron chi connectivity index (χ4n) is 2.37. The second-order valence-electron chi connectivity index (χ2n) is 5.35. The molecule has 1 fully saturated rings. The molecule has 4 nitrogen and oxygen atoms in total. The normalized spacial score (nSPS) is 18.7. The van der Waals surface area contributed by atoms with Crippen LogP contribution in [-0.4, -0.2) is 29.3 Å². The van der Waals surface area contributed by atoms with Crippen LogP contribution in [-0.2, 0) is 16.1 Å². The van der Waals surface area contributed by atoms with Gasteiger partial charge in [0.25, 0.3) is 0 Å².